The van der Waals surface area contributed by atoms with Crippen LogP contribution in [0.15, 0.2) is 0 Å². The number of amides is 1. The Balaban J connectivity index is 2.03. The Labute approximate surface area is 84.4 Å². The molecule has 1 N–H and O–H groups in total. The van der Waals surface area contributed by atoms with E-state index in [1.165, 1.54) is 25.9 Å². The van der Waals surface area contributed by atoms with Gasteiger partial charge in [0.25, 0.3) is 0 Å². The normalized spacial score (nSPS) is 20.2. The summed E-state index contributed by atoms with van der Waals surface area (Å²) in [6, 6.07) is 0. The van der Waals surface area contributed by atoms with Gasteiger partial charge in [-0.05, 0) is 32.9 Å². The second-order valence-electron chi connectivity index (χ2n) is 3.46. The van der Waals surface area contributed by atoms with Crippen molar-refractivity contribution in [2.75, 3.05) is 26.2 Å². The van der Waals surface area contributed by atoms with Gasteiger partial charge in [0.1, 0.15) is 5.38 Å². The van der Waals surface area contributed by atoms with E-state index < -0.39 is 5.38 Å². The van der Waals surface area contributed by atoms with Crippen molar-refractivity contribution >= 4 is 17.5 Å². The van der Waals surface area contributed by atoms with Gasteiger partial charge in [-0.25, -0.2) is 0 Å². The van der Waals surface area contributed by atoms with Crippen molar-refractivity contribution in [3.63, 3.8) is 0 Å². The first-order chi connectivity index (χ1) is 6.20. The minimum atomic E-state index is -0.418. The van der Waals surface area contributed by atoms with E-state index in [2.05, 4.69) is 10.2 Å². The second-order valence-corrected chi connectivity index (χ2v) is 4.11. The third-order valence-electron chi connectivity index (χ3n) is 2.29. The number of hydrogen-bond acceptors (Lipinski definition) is 2. The zero-order chi connectivity index (χ0) is 9.68. The maximum Gasteiger partial charge on any atom is 0.237 e. The van der Waals surface area contributed by atoms with E-state index in [1.54, 1.807) is 6.92 Å². The monoisotopic (exact) mass is 204 g/mol. The molecule has 1 heterocycles. The van der Waals surface area contributed by atoms with E-state index in [-0.39, 0.29) is 5.91 Å². The maximum atomic E-state index is 11.1. The molecular formula is C9H17ClN2O. The lowest BCUT2D eigenvalue weighted by molar-refractivity contribution is -0.120. The molecule has 1 rings (SSSR count). The summed E-state index contributed by atoms with van der Waals surface area (Å²) in [5, 5.41) is 2.38. The molecule has 1 fully saturated rings. The summed E-state index contributed by atoms with van der Waals surface area (Å²) in [5.41, 5.74) is 0. The largest absolute Gasteiger partial charge is 0.354 e. The smallest absolute Gasteiger partial charge is 0.237 e. The van der Waals surface area contributed by atoms with Crippen molar-refractivity contribution in [1.29, 1.82) is 0 Å². The standard InChI is InChI=1S/C9H17ClN2O/c1-8(10)9(13)11-4-7-12-5-2-3-6-12/h8H,2-7H2,1H3,(H,11,13). The summed E-state index contributed by atoms with van der Waals surface area (Å²) < 4.78 is 0. The molecule has 0 aromatic carbocycles. The van der Waals surface area contributed by atoms with Crippen LogP contribution in [0, 0.1) is 0 Å². The van der Waals surface area contributed by atoms with Crippen molar-refractivity contribution in [2.24, 2.45) is 0 Å². The van der Waals surface area contributed by atoms with Gasteiger partial charge >= 0.3 is 0 Å². The highest BCUT2D eigenvalue weighted by molar-refractivity contribution is 6.30. The molecule has 0 radical (unpaired) electrons. The highest BCUT2D eigenvalue weighted by atomic mass is 35.5. The van der Waals surface area contributed by atoms with Crippen molar-refractivity contribution in [3.8, 4) is 0 Å². The molecule has 0 spiro atoms. The molecule has 0 aromatic heterocycles. The number of hydrogen-bond donors (Lipinski definition) is 1. The Morgan fingerprint density at radius 3 is 2.69 bits per heavy atom. The summed E-state index contributed by atoms with van der Waals surface area (Å²) in [6.07, 6.45) is 2.58. The molecule has 13 heavy (non-hydrogen) atoms. The fourth-order valence-corrected chi connectivity index (χ4v) is 1.56. The quantitative estimate of drug-likeness (QED) is 0.688. The minimum absolute atomic E-state index is 0.0686. The van der Waals surface area contributed by atoms with E-state index in [0.29, 0.717) is 0 Å². The second kappa shape index (κ2) is 5.45. The van der Waals surface area contributed by atoms with Gasteiger partial charge < -0.3 is 10.2 Å². The van der Waals surface area contributed by atoms with Crippen LogP contribution in [0.3, 0.4) is 0 Å². The number of nitrogens with one attached hydrogen (secondary N) is 1. The van der Waals surface area contributed by atoms with Gasteiger partial charge in [0, 0.05) is 13.1 Å². The molecule has 76 valence electrons. The number of nitrogens with zero attached hydrogens (tertiary/aromatic N) is 1. The predicted octanol–water partition coefficient (Wildman–Crippen LogP) is 0.826. The zero-order valence-corrected chi connectivity index (χ0v) is 8.81. The van der Waals surface area contributed by atoms with Gasteiger partial charge in [0.15, 0.2) is 0 Å². The highest BCUT2D eigenvalue weighted by Gasteiger charge is 2.12. The maximum absolute atomic E-state index is 11.1. The van der Waals surface area contributed by atoms with Crippen molar-refractivity contribution in [2.45, 2.75) is 25.1 Å². The fourth-order valence-electron chi connectivity index (χ4n) is 1.48. The SMILES string of the molecule is CC(Cl)C(=O)NCCN1CCCC1. The average molecular weight is 205 g/mol. The first-order valence-corrected chi connectivity index (χ1v) is 5.28. The van der Waals surface area contributed by atoms with Crippen molar-refractivity contribution in [1.82, 2.24) is 10.2 Å². The first kappa shape index (κ1) is 10.8. The molecule has 0 aliphatic carbocycles. The summed E-state index contributed by atoms with van der Waals surface area (Å²) >= 11 is 5.60. The lowest BCUT2D eigenvalue weighted by atomic mass is 10.4. The molecule has 4 heteroatoms. The van der Waals surface area contributed by atoms with E-state index in [0.717, 1.165) is 13.1 Å². The van der Waals surface area contributed by atoms with Crippen LogP contribution in [0.1, 0.15) is 19.8 Å². The Hall–Kier alpha value is -0.280. The lowest BCUT2D eigenvalue weighted by Crippen LogP contribution is -2.36. The molecule has 0 saturated carbocycles. The Kier molecular flexibility index (Phi) is 4.53. The molecule has 1 saturated heterocycles. The average Bonchev–Trinajstić information content (AvgIpc) is 2.56. The molecule has 1 unspecified atom stereocenters. The number of carbonyl (C=O) groups is 1. The molecule has 0 bridgehead atoms. The van der Waals surface area contributed by atoms with E-state index in [9.17, 15) is 4.79 Å². The molecule has 1 atom stereocenters. The summed E-state index contributed by atoms with van der Waals surface area (Å²) in [5.74, 6) is -0.0686. The van der Waals surface area contributed by atoms with Crippen LogP contribution in [0.5, 0.6) is 0 Å². The zero-order valence-electron chi connectivity index (χ0n) is 8.05. The van der Waals surface area contributed by atoms with Crippen LogP contribution in [0.2, 0.25) is 0 Å². The van der Waals surface area contributed by atoms with E-state index in [1.807, 2.05) is 0 Å². The lowest BCUT2D eigenvalue weighted by Gasteiger charge is -2.14. The number of carbonyl (C=O) groups excluding carboxylic acids is 1. The van der Waals surface area contributed by atoms with Crippen LogP contribution in [-0.4, -0.2) is 42.4 Å². The molecule has 1 aliphatic rings. The third kappa shape index (κ3) is 3.96. The summed E-state index contributed by atoms with van der Waals surface area (Å²) in [7, 11) is 0. The van der Waals surface area contributed by atoms with Gasteiger partial charge in [0.2, 0.25) is 5.91 Å². The van der Waals surface area contributed by atoms with Crippen molar-refractivity contribution < 1.29 is 4.79 Å². The fraction of sp³-hybridized carbons (Fsp3) is 0.889. The Morgan fingerprint density at radius 2 is 2.15 bits per heavy atom. The van der Waals surface area contributed by atoms with Crippen LogP contribution >= 0.6 is 11.6 Å². The summed E-state index contributed by atoms with van der Waals surface area (Å²) in [4.78, 5) is 13.4. The summed E-state index contributed by atoms with van der Waals surface area (Å²) in [6.45, 7) is 5.70. The van der Waals surface area contributed by atoms with Crippen LogP contribution < -0.4 is 5.32 Å². The molecule has 0 aromatic rings. The van der Waals surface area contributed by atoms with Crippen molar-refractivity contribution in [3.05, 3.63) is 0 Å². The van der Waals surface area contributed by atoms with Gasteiger partial charge in [-0.1, -0.05) is 0 Å². The predicted molar refractivity (Wildman–Crippen MR) is 54.0 cm³/mol. The van der Waals surface area contributed by atoms with Gasteiger partial charge in [-0.2, -0.15) is 0 Å². The van der Waals surface area contributed by atoms with E-state index >= 15 is 0 Å². The van der Waals surface area contributed by atoms with Gasteiger partial charge in [0.05, 0.1) is 0 Å². The third-order valence-corrected chi connectivity index (χ3v) is 2.49. The van der Waals surface area contributed by atoms with Crippen LogP contribution in [0.4, 0.5) is 0 Å². The number of likely N-dealkylation sites (tertiary alicyclic amines) is 1. The Morgan fingerprint density at radius 1 is 1.54 bits per heavy atom. The molecule has 1 aliphatic heterocycles. The van der Waals surface area contributed by atoms with Crippen LogP contribution in [0.25, 0.3) is 0 Å². The van der Waals surface area contributed by atoms with Crippen LogP contribution in [-0.2, 0) is 4.79 Å². The van der Waals surface area contributed by atoms with Gasteiger partial charge in [-0.15, -0.1) is 11.6 Å². The Bertz CT molecular complexity index is 167. The molecule has 1 amide bonds. The number of alkyl halides is 1. The number of halogens is 1. The van der Waals surface area contributed by atoms with E-state index in [4.69, 9.17) is 11.6 Å². The minimum Gasteiger partial charge on any atom is -0.354 e. The first-order valence-electron chi connectivity index (χ1n) is 4.84. The molecule has 3 nitrogen and oxygen atoms in total. The topological polar surface area (TPSA) is 32.3 Å². The number of rotatable bonds is 4. The molecular weight excluding hydrogens is 188 g/mol. The van der Waals surface area contributed by atoms with Gasteiger partial charge in [-0.3, -0.25) is 4.79 Å². The highest BCUT2D eigenvalue weighted by Crippen LogP contribution is 2.05.